The van der Waals surface area contributed by atoms with Crippen LogP contribution in [-0.2, 0) is 0 Å². The minimum atomic E-state index is 0.807. The summed E-state index contributed by atoms with van der Waals surface area (Å²) in [6.07, 6.45) is 9.92. The van der Waals surface area contributed by atoms with Crippen LogP contribution in [-0.4, -0.2) is 37.1 Å². The standard InChI is InChI=1S/C18H36N2/c1-15(2)17-5-4-12-20(13-10-17)14-11-19-18-8-6-16(3)7-9-18/h15-19H,4-14H2,1-3H3. The van der Waals surface area contributed by atoms with Crippen molar-refractivity contribution in [2.24, 2.45) is 17.8 Å². The molecule has 1 aliphatic heterocycles. The first-order chi connectivity index (χ1) is 9.65. The molecule has 2 fully saturated rings. The molecule has 1 saturated carbocycles. The van der Waals surface area contributed by atoms with Crippen molar-refractivity contribution in [1.29, 1.82) is 0 Å². The van der Waals surface area contributed by atoms with E-state index >= 15 is 0 Å². The quantitative estimate of drug-likeness (QED) is 0.821. The van der Waals surface area contributed by atoms with Gasteiger partial charge in [0.25, 0.3) is 0 Å². The molecule has 0 radical (unpaired) electrons. The average molecular weight is 280 g/mol. The molecule has 1 saturated heterocycles. The average Bonchev–Trinajstić information content (AvgIpc) is 2.67. The molecule has 2 heteroatoms. The van der Waals surface area contributed by atoms with E-state index in [-0.39, 0.29) is 0 Å². The topological polar surface area (TPSA) is 15.3 Å². The molecular weight excluding hydrogens is 244 g/mol. The van der Waals surface area contributed by atoms with Crippen LogP contribution in [0.25, 0.3) is 0 Å². The van der Waals surface area contributed by atoms with Gasteiger partial charge in [0.05, 0.1) is 0 Å². The third kappa shape index (κ3) is 5.37. The zero-order chi connectivity index (χ0) is 14.4. The maximum Gasteiger partial charge on any atom is 0.0107 e. The van der Waals surface area contributed by atoms with E-state index < -0.39 is 0 Å². The number of hydrogen-bond acceptors (Lipinski definition) is 2. The van der Waals surface area contributed by atoms with Crippen LogP contribution < -0.4 is 5.32 Å². The molecule has 1 unspecified atom stereocenters. The van der Waals surface area contributed by atoms with Crippen LogP contribution in [0.2, 0.25) is 0 Å². The number of likely N-dealkylation sites (tertiary alicyclic amines) is 1. The van der Waals surface area contributed by atoms with Gasteiger partial charge in [-0.05, 0) is 75.8 Å². The summed E-state index contributed by atoms with van der Waals surface area (Å²) in [5.74, 6) is 2.80. The number of nitrogens with one attached hydrogen (secondary N) is 1. The summed E-state index contributed by atoms with van der Waals surface area (Å²) in [5, 5.41) is 3.80. The van der Waals surface area contributed by atoms with E-state index in [1.807, 2.05) is 0 Å². The fourth-order valence-corrected chi connectivity index (χ4v) is 3.96. The zero-order valence-electron chi connectivity index (χ0n) is 14.0. The molecule has 1 heterocycles. The largest absolute Gasteiger partial charge is 0.313 e. The molecule has 20 heavy (non-hydrogen) atoms. The van der Waals surface area contributed by atoms with E-state index in [9.17, 15) is 0 Å². The molecule has 118 valence electrons. The second kappa shape index (κ2) is 8.38. The molecule has 1 aliphatic carbocycles. The van der Waals surface area contributed by atoms with Gasteiger partial charge in [-0.2, -0.15) is 0 Å². The minimum absolute atomic E-state index is 0.807. The van der Waals surface area contributed by atoms with Gasteiger partial charge >= 0.3 is 0 Å². The predicted molar refractivity (Wildman–Crippen MR) is 88.0 cm³/mol. The van der Waals surface area contributed by atoms with Gasteiger partial charge in [0.15, 0.2) is 0 Å². The number of hydrogen-bond donors (Lipinski definition) is 1. The van der Waals surface area contributed by atoms with Gasteiger partial charge in [0.1, 0.15) is 0 Å². The molecule has 2 aliphatic rings. The molecule has 0 spiro atoms. The SMILES string of the molecule is CC1CCC(NCCN2CCCC(C(C)C)CC2)CC1. The highest BCUT2D eigenvalue weighted by molar-refractivity contribution is 4.77. The summed E-state index contributed by atoms with van der Waals surface area (Å²) in [6, 6.07) is 0.807. The van der Waals surface area contributed by atoms with Crippen LogP contribution in [0.4, 0.5) is 0 Å². The van der Waals surface area contributed by atoms with Crippen molar-refractivity contribution in [3.8, 4) is 0 Å². The van der Waals surface area contributed by atoms with Crippen molar-refractivity contribution < 1.29 is 0 Å². The molecule has 0 aromatic carbocycles. The van der Waals surface area contributed by atoms with E-state index in [0.29, 0.717) is 0 Å². The van der Waals surface area contributed by atoms with Gasteiger partial charge in [-0.15, -0.1) is 0 Å². The lowest BCUT2D eigenvalue weighted by Crippen LogP contribution is -2.39. The Morgan fingerprint density at radius 1 is 1.00 bits per heavy atom. The van der Waals surface area contributed by atoms with Crippen molar-refractivity contribution in [1.82, 2.24) is 10.2 Å². The lowest BCUT2D eigenvalue weighted by Gasteiger charge is -2.28. The van der Waals surface area contributed by atoms with E-state index in [1.54, 1.807) is 0 Å². The Kier molecular flexibility index (Phi) is 6.83. The summed E-state index contributed by atoms with van der Waals surface area (Å²) in [7, 11) is 0. The third-order valence-electron chi connectivity index (χ3n) is 5.69. The first-order valence-corrected chi connectivity index (χ1v) is 9.11. The Bertz CT molecular complexity index is 256. The normalized spacial score (nSPS) is 33.3. The minimum Gasteiger partial charge on any atom is -0.313 e. The molecule has 1 N–H and O–H groups in total. The molecule has 1 atom stereocenters. The molecule has 0 bridgehead atoms. The first kappa shape index (κ1) is 16.3. The first-order valence-electron chi connectivity index (χ1n) is 9.11. The van der Waals surface area contributed by atoms with E-state index in [1.165, 1.54) is 71.1 Å². The maximum atomic E-state index is 3.80. The van der Waals surface area contributed by atoms with Crippen molar-refractivity contribution in [2.45, 2.75) is 71.8 Å². The van der Waals surface area contributed by atoms with Crippen LogP contribution >= 0.6 is 0 Å². The predicted octanol–water partition coefficient (Wildman–Crippen LogP) is 3.91. The fraction of sp³-hybridized carbons (Fsp3) is 1.00. The maximum absolute atomic E-state index is 3.80. The van der Waals surface area contributed by atoms with Crippen LogP contribution in [0, 0.1) is 17.8 Å². The second-order valence-electron chi connectivity index (χ2n) is 7.69. The van der Waals surface area contributed by atoms with Crippen LogP contribution in [0.5, 0.6) is 0 Å². The van der Waals surface area contributed by atoms with E-state index in [0.717, 1.165) is 23.8 Å². The summed E-state index contributed by atoms with van der Waals surface area (Å²) in [4.78, 5) is 2.70. The molecule has 2 rings (SSSR count). The van der Waals surface area contributed by atoms with E-state index in [2.05, 4.69) is 31.0 Å². The summed E-state index contributed by atoms with van der Waals surface area (Å²) >= 11 is 0. The van der Waals surface area contributed by atoms with Gasteiger partial charge in [-0.3, -0.25) is 0 Å². The van der Waals surface area contributed by atoms with Gasteiger partial charge in [-0.1, -0.05) is 20.8 Å². The summed E-state index contributed by atoms with van der Waals surface area (Å²) in [6.45, 7) is 12.3. The zero-order valence-corrected chi connectivity index (χ0v) is 14.0. The highest BCUT2D eigenvalue weighted by Gasteiger charge is 2.20. The van der Waals surface area contributed by atoms with Crippen LogP contribution in [0.3, 0.4) is 0 Å². The Labute approximate surface area is 126 Å². The smallest absolute Gasteiger partial charge is 0.0107 e. The number of rotatable bonds is 5. The van der Waals surface area contributed by atoms with Gasteiger partial charge in [0, 0.05) is 19.1 Å². The highest BCUT2D eigenvalue weighted by Crippen LogP contribution is 2.25. The second-order valence-corrected chi connectivity index (χ2v) is 7.69. The molecule has 2 nitrogen and oxygen atoms in total. The molecule has 0 aromatic heterocycles. The summed E-state index contributed by atoms with van der Waals surface area (Å²) < 4.78 is 0. The van der Waals surface area contributed by atoms with Crippen molar-refractivity contribution >= 4 is 0 Å². The number of nitrogens with zero attached hydrogens (tertiary/aromatic N) is 1. The lowest BCUT2D eigenvalue weighted by molar-refractivity contribution is 0.253. The fourth-order valence-electron chi connectivity index (χ4n) is 3.96. The van der Waals surface area contributed by atoms with Crippen molar-refractivity contribution in [3.63, 3.8) is 0 Å². The molecule has 0 amide bonds. The van der Waals surface area contributed by atoms with Crippen LogP contribution in [0.1, 0.15) is 65.7 Å². The highest BCUT2D eigenvalue weighted by atomic mass is 15.1. The lowest BCUT2D eigenvalue weighted by atomic mass is 9.87. The van der Waals surface area contributed by atoms with Crippen LogP contribution in [0.15, 0.2) is 0 Å². The Morgan fingerprint density at radius 3 is 2.45 bits per heavy atom. The Morgan fingerprint density at radius 2 is 1.75 bits per heavy atom. The van der Waals surface area contributed by atoms with Gasteiger partial charge in [-0.25, -0.2) is 0 Å². The van der Waals surface area contributed by atoms with Gasteiger partial charge in [0.2, 0.25) is 0 Å². The Hall–Kier alpha value is -0.0800. The monoisotopic (exact) mass is 280 g/mol. The third-order valence-corrected chi connectivity index (χ3v) is 5.69. The summed E-state index contributed by atoms with van der Waals surface area (Å²) in [5.41, 5.74) is 0. The van der Waals surface area contributed by atoms with Crippen molar-refractivity contribution in [2.75, 3.05) is 26.2 Å². The van der Waals surface area contributed by atoms with E-state index in [4.69, 9.17) is 0 Å². The molecular formula is C18H36N2. The Balaban J connectivity index is 1.59. The van der Waals surface area contributed by atoms with Gasteiger partial charge < -0.3 is 10.2 Å². The van der Waals surface area contributed by atoms with Crippen molar-refractivity contribution in [3.05, 3.63) is 0 Å². The molecule has 0 aromatic rings.